The number of urea groups is 1. The molecule has 0 bridgehead atoms. The highest BCUT2D eigenvalue weighted by Crippen LogP contribution is 2.33. The Balaban J connectivity index is 1.60. The van der Waals surface area contributed by atoms with Crippen molar-refractivity contribution < 1.29 is 18.0 Å². The average molecular weight is 395 g/mol. The lowest BCUT2D eigenvalue weighted by Crippen LogP contribution is -2.38. The van der Waals surface area contributed by atoms with Gasteiger partial charge in [0.25, 0.3) is 0 Å². The number of hydrogen-bond acceptors (Lipinski definition) is 3. The second kappa shape index (κ2) is 8.22. The minimum Gasteiger partial charge on any atom is -0.337 e. The molecule has 1 aromatic carbocycles. The zero-order chi connectivity index (χ0) is 20.3. The number of amides is 2. The minimum absolute atomic E-state index is 0.130. The second-order valence-corrected chi connectivity index (χ2v) is 7.03. The van der Waals surface area contributed by atoms with Crippen LogP contribution in [0.3, 0.4) is 0 Å². The molecule has 1 aliphatic heterocycles. The van der Waals surface area contributed by atoms with Crippen molar-refractivity contribution in [2.24, 2.45) is 7.05 Å². The monoisotopic (exact) mass is 395 g/mol. The Morgan fingerprint density at radius 2 is 2.00 bits per heavy atom. The third-order valence-electron chi connectivity index (χ3n) is 4.96. The number of imidazole rings is 1. The first-order valence-corrected chi connectivity index (χ1v) is 9.16. The number of halogens is 3. The van der Waals surface area contributed by atoms with Crippen LogP contribution in [0, 0.1) is 6.92 Å². The van der Waals surface area contributed by atoms with Crippen LogP contribution < -0.4 is 5.32 Å². The summed E-state index contributed by atoms with van der Waals surface area (Å²) < 4.78 is 41.2. The Hall–Kier alpha value is -2.55. The highest BCUT2D eigenvalue weighted by atomic mass is 19.4. The number of rotatable bonds is 3. The molecule has 2 aromatic rings. The smallest absolute Gasteiger partial charge is 0.337 e. The first-order chi connectivity index (χ1) is 13.2. The number of nitrogens with zero attached hydrogens (tertiary/aromatic N) is 4. The molecule has 2 amide bonds. The van der Waals surface area contributed by atoms with Crippen LogP contribution in [-0.2, 0) is 19.8 Å². The zero-order valence-corrected chi connectivity index (χ0v) is 16.0. The maximum absolute atomic E-state index is 13.1. The quantitative estimate of drug-likeness (QED) is 0.866. The van der Waals surface area contributed by atoms with Gasteiger partial charge in [-0.1, -0.05) is 6.07 Å². The number of nitrogens with one attached hydrogen (secondary N) is 1. The summed E-state index contributed by atoms with van der Waals surface area (Å²) in [6, 6.07) is 3.47. The van der Waals surface area contributed by atoms with Gasteiger partial charge in [0.1, 0.15) is 5.82 Å². The third-order valence-corrected chi connectivity index (χ3v) is 4.96. The number of aromatic nitrogens is 2. The largest absolute Gasteiger partial charge is 0.416 e. The number of carbonyl (C=O) groups excluding carboxylic acids is 1. The summed E-state index contributed by atoms with van der Waals surface area (Å²) >= 11 is 0. The van der Waals surface area contributed by atoms with E-state index >= 15 is 0 Å². The molecule has 9 heteroatoms. The number of aryl methyl sites for hydroxylation is 2. The van der Waals surface area contributed by atoms with Gasteiger partial charge >= 0.3 is 12.2 Å². The summed E-state index contributed by atoms with van der Waals surface area (Å²) in [7, 11) is 1.94. The van der Waals surface area contributed by atoms with Gasteiger partial charge in [-0.05, 0) is 31.0 Å². The molecule has 152 valence electrons. The highest BCUT2D eigenvalue weighted by Gasteiger charge is 2.32. The molecule has 28 heavy (non-hydrogen) atoms. The minimum atomic E-state index is -4.45. The van der Waals surface area contributed by atoms with E-state index in [0.717, 1.165) is 24.9 Å². The number of anilines is 1. The standard InChI is InChI=1S/C19H24F3N5O/c1-14-4-5-15(12-16(14)19(20,21)22)24-18(28)27-8-3-7-26(10-11-27)13-17-23-6-9-25(17)2/h4-6,9,12H,3,7-8,10-11,13H2,1-2H3,(H,24,28). The Morgan fingerprint density at radius 1 is 1.21 bits per heavy atom. The summed E-state index contributed by atoms with van der Waals surface area (Å²) in [6.45, 7) is 4.68. The van der Waals surface area contributed by atoms with E-state index in [-0.39, 0.29) is 17.3 Å². The lowest BCUT2D eigenvalue weighted by atomic mass is 10.1. The molecule has 1 saturated heterocycles. The van der Waals surface area contributed by atoms with Gasteiger partial charge in [-0.15, -0.1) is 0 Å². The van der Waals surface area contributed by atoms with Gasteiger partial charge in [0.05, 0.1) is 12.1 Å². The molecule has 0 aliphatic carbocycles. The van der Waals surface area contributed by atoms with E-state index in [4.69, 9.17) is 0 Å². The topological polar surface area (TPSA) is 53.4 Å². The predicted molar refractivity (Wildman–Crippen MR) is 99.9 cm³/mol. The Kier molecular flexibility index (Phi) is 5.93. The van der Waals surface area contributed by atoms with Crippen LogP contribution in [0.2, 0.25) is 0 Å². The van der Waals surface area contributed by atoms with E-state index in [1.54, 1.807) is 11.1 Å². The predicted octanol–water partition coefficient (Wildman–Crippen LogP) is 3.49. The van der Waals surface area contributed by atoms with Crippen LogP contribution in [-0.4, -0.2) is 51.6 Å². The van der Waals surface area contributed by atoms with Crippen LogP contribution >= 0.6 is 0 Å². The molecule has 0 unspecified atom stereocenters. The van der Waals surface area contributed by atoms with E-state index in [0.29, 0.717) is 26.2 Å². The molecule has 1 aromatic heterocycles. The summed E-state index contributed by atoms with van der Waals surface area (Å²) in [4.78, 5) is 20.7. The van der Waals surface area contributed by atoms with Crippen LogP contribution in [0.1, 0.15) is 23.4 Å². The second-order valence-electron chi connectivity index (χ2n) is 7.03. The van der Waals surface area contributed by atoms with Crippen molar-refractivity contribution in [2.75, 3.05) is 31.5 Å². The number of carbonyl (C=O) groups is 1. The summed E-state index contributed by atoms with van der Waals surface area (Å²) in [5.41, 5.74) is -0.454. The van der Waals surface area contributed by atoms with Crippen LogP contribution in [0.25, 0.3) is 0 Å². The van der Waals surface area contributed by atoms with Crippen molar-refractivity contribution in [3.8, 4) is 0 Å². The van der Waals surface area contributed by atoms with Gasteiger partial charge in [0.2, 0.25) is 0 Å². The molecule has 3 rings (SSSR count). The van der Waals surface area contributed by atoms with Gasteiger partial charge in [-0.25, -0.2) is 9.78 Å². The van der Waals surface area contributed by atoms with Crippen molar-refractivity contribution in [1.82, 2.24) is 19.4 Å². The molecule has 2 heterocycles. The summed E-state index contributed by atoms with van der Waals surface area (Å²) in [5, 5.41) is 2.60. The van der Waals surface area contributed by atoms with E-state index in [9.17, 15) is 18.0 Å². The lowest BCUT2D eigenvalue weighted by molar-refractivity contribution is -0.138. The van der Waals surface area contributed by atoms with Crippen molar-refractivity contribution in [3.05, 3.63) is 47.5 Å². The number of hydrogen-bond donors (Lipinski definition) is 1. The third kappa shape index (κ3) is 4.83. The van der Waals surface area contributed by atoms with E-state index < -0.39 is 11.7 Å². The fraction of sp³-hybridized carbons (Fsp3) is 0.474. The maximum atomic E-state index is 13.1. The van der Waals surface area contributed by atoms with Crippen LogP contribution in [0.4, 0.5) is 23.7 Å². The molecular weight excluding hydrogens is 371 g/mol. The number of alkyl halides is 3. The molecule has 0 spiro atoms. The average Bonchev–Trinajstić information content (AvgIpc) is 2.88. The molecule has 1 aliphatic rings. The highest BCUT2D eigenvalue weighted by molar-refractivity contribution is 5.89. The SMILES string of the molecule is Cc1ccc(NC(=O)N2CCCN(Cc3nccn3C)CC2)cc1C(F)(F)F. The lowest BCUT2D eigenvalue weighted by Gasteiger charge is -2.22. The van der Waals surface area contributed by atoms with Gasteiger partial charge < -0.3 is 14.8 Å². The molecule has 1 N–H and O–H groups in total. The first kappa shape index (κ1) is 20.2. The van der Waals surface area contributed by atoms with Crippen LogP contribution in [0.5, 0.6) is 0 Å². The first-order valence-electron chi connectivity index (χ1n) is 9.16. The summed E-state index contributed by atoms with van der Waals surface area (Å²) in [6.07, 6.45) is -0.00812. The Bertz CT molecular complexity index is 833. The van der Waals surface area contributed by atoms with E-state index in [1.807, 2.05) is 17.8 Å². The Morgan fingerprint density at radius 3 is 2.68 bits per heavy atom. The molecule has 0 atom stereocenters. The molecule has 0 radical (unpaired) electrons. The van der Waals surface area contributed by atoms with Crippen molar-refractivity contribution in [2.45, 2.75) is 26.1 Å². The molecule has 6 nitrogen and oxygen atoms in total. The maximum Gasteiger partial charge on any atom is 0.416 e. The van der Waals surface area contributed by atoms with Gasteiger partial charge in [-0.3, -0.25) is 4.90 Å². The van der Waals surface area contributed by atoms with E-state index in [1.165, 1.54) is 19.1 Å². The van der Waals surface area contributed by atoms with Gasteiger partial charge in [0.15, 0.2) is 0 Å². The zero-order valence-electron chi connectivity index (χ0n) is 16.0. The van der Waals surface area contributed by atoms with Gasteiger partial charge in [-0.2, -0.15) is 13.2 Å². The fourth-order valence-electron chi connectivity index (χ4n) is 3.29. The van der Waals surface area contributed by atoms with Crippen molar-refractivity contribution >= 4 is 11.7 Å². The van der Waals surface area contributed by atoms with Gasteiger partial charge in [0, 0.05) is 51.3 Å². The molecule has 0 saturated carbocycles. The van der Waals surface area contributed by atoms with Crippen LogP contribution in [0.15, 0.2) is 30.6 Å². The van der Waals surface area contributed by atoms with Crippen molar-refractivity contribution in [3.63, 3.8) is 0 Å². The fourth-order valence-corrected chi connectivity index (χ4v) is 3.29. The molecule has 1 fully saturated rings. The summed E-state index contributed by atoms with van der Waals surface area (Å²) in [5.74, 6) is 0.956. The van der Waals surface area contributed by atoms with Crippen molar-refractivity contribution in [1.29, 1.82) is 0 Å². The normalized spacial score (nSPS) is 16.1. The Labute approximate surface area is 161 Å². The molecular formula is C19H24F3N5O. The number of benzene rings is 1. The van der Waals surface area contributed by atoms with E-state index in [2.05, 4.69) is 15.2 Å².